The number of aliphatic hydroxyl groups excluding tert-OH is 3. The van der Waals surface area contributed by atoms with E-state index in [1.54, 1.807) is 0 Å². The van der Waals surface area contributed by atoms with Gasteiger partial charge in [-0.1, -0.05) is 16.9 Å². The molecule has 0 spiro atoms. The minimum absolute atomic E-state index is 0.298. The van der Waals surface area contributed by atoms with Gasteiger partial charge >= 0.3 is 0 Å². The largest absolute Gasteiger partial charge is 0.510 e. The Bertz CT molecular complexity index is 287. The molecule has 0 heterocycles. The number of hydrogen-bond acceptors (Lipinski definition) is 3. The predicted molar refractivity (Wildman–Crippen MR) is 53.0 cm³/mol. The Hall–Kier alpha value is -1.19. The Balaban J connectivity index is 5.17. The van der Waals surface area contributed by atoms with Crippen molar-refractivity contribution >= 4 is 23.5 Å². The maximum Gasteiger partial charge on any atom is 0.145 e. The van der Waals surface area contributed by atoms with Crippen molar-refractivity contribution in [3.63, 3.8) is 0 Å². The van der Waals surface area contributed by atoms with Gasteiger partial charge in [0.1, 0.15) is 35.1 Å². The molecule has 6 radical (unpaired) electrons. The second-order valence-corrected chi connectivity index (χ2v) is 2.31. The maximum absolute atomic E-state index is 9.10. The monoisotopic (exact) mass is 172 g/mol. The van der Waals surface area contributed by atoms with E-state index in [1.165, 1.54) is 6.92 Å². The van der Waals surface area contributed by atoms with Gasteiger partial charge in [0, 0.05) is 0 Å². The normalized spacial score (nSPS) is 16.2. The van der Waals surface area contributed by atoms with Crippen LogP contribution in [-0.4, -0.2) is 38.9 Å². The first kappa shape index (κ1) is 11.8. The molecular weight excluding hydrogens is 165 g/mol. The van der Waals surface area contributed by atoms with Gasteiger partial charge in [-0.2, -0.15) is 0 Å². The minimum Gasteiger partial charge on any atom is -0.510 e. The van der Waals surface area contributed by atoms with Crippen molar-refractivity contribution in [3.05, 3.63) is 34.2 Å². The molecule has 0 rings (SSSR count). The van der Waals surface area contributed by atoms with Crippen LogP contribution >= 0.6 is 0 Å². The molecule has 0 aromatic rings. The van der Waals surface area contributed by atoms with E-state index in [0.29, 0.717) is 0 Å². The summed E-state index contributed by atoms with van der Waals surface area (Å²) in [7, 11) is 15.5. The standard InChI is InChI=1S/C7H7B3O3/c1-3(11)7(13)6(10)5(9)4(12)2-8/h2,11-13H,1H3/b4-2-,6-5-,7-3-. The fraction of sp³-hybridized carbons (Fsp3) is 0.143. The second kappa shape index (κ2) is 4.75. The van der Waals surface area contributed by atoms with E-state index in [-0.39, 0.29) is 10.9 Å². The van der Waals surface area contributed by atoms with Crippen molar-refractivity contribution in [2.45, 2.75) is 6.92 Å². The summed E-state index contributed by atoms with van der Waals surface area (Å²) in [5, 5.41) is 26.9. The smallest absolute Gasteiger partial charge is 0.145 e. The van der Waals surface area contributed by atoms with Gasteiger partial charge in [-0.05, 0) is 6.92 Å². The van der Waals surface area contributed by atoms with E-state index in [4.69, 9.17) is 38.9 Å². The Morgan fingerprint density at radius 3 is 1.85 bits per heavy atom. The molecular formula is C7H7B3O3. The lowest BCUT2D eigenvalue weighted by Crippen LogP contribution is -2.01. The van der Waals surface area contributed by atoms with Crippen molar-refractivity contribution in [2.75, 3.05) is 0 Å². The molecule has 0 aromatic heterocycles. The van der Waals surface area contributed by atoms with E-state index in [1.807, 2.05) is 0 Å². The number of hydrogen-bond donors (Lipinski definition) is 3. The lowest BCUT2D eigenvalue weighted by molar-refractivity contribution is 0.337. The zero-order valence-corrected chi connectivity index (χ0v) is 7.15. The van der Waals surface area contributed by atoms with Gasteiger partial charge in [-0.3, -0.25) is 0 Å². The molecule has 0 aliphatic carbocycles. The molecule has 6 heteroatoms. The van der Waals surface area contributed by atoms with Gasteiger partial charge in [-0.25, -0.2) is 0 Å². The van der Waals surface area contributed by atoms with Crippen LogP contribution in [0.4, 0.5) is 0 Å². The van der Waals surface area contributed by atoms with Gasteiger partial charge in [0.05, 0.1) is 5.76 Å². The first-order chi connectivity index (χ1) is 5.91. The average Bonchev–Trinajstić information content (AvgIpc) is 2.12. The molecule has 0 amide bonds. The molecule has 0 saturated carbocycles. The van der Waals surface area contributed by atoms with E-state index in [2.05, 4.69) is 0 Å². The summed E-state index contributed by atoms with van der Waals surface area (Å²) in [6.45, 7) is 1.22. The molecule has 0 aliphatic rings. The summed E-state index contributed by atoms with van der Waals surface area (Å²) in [6, 6.07) is 0. The van der Waals surface area contributed by atoms with Crippen LogP contribution in [0.3, 0.4) is 0 Å². The van der Waals surface area contributed by atoms with Crippen molar-refractivity contribution in [3.8, 4) is 0 Å². The first-order valence-electron chi connectivity index (χ1n) is 3.37. The third kappa shape index (κ3) is 2.97. The van der Waals surface area contributed by atoms with Crippen LogP contribution in [0.1, 0.15) is 6.92 Å². The van der Waals surface area contributed by atoms with Crippen LogP contribution in [-0.2, 0) is 0 Å². The van der Waals surface area contributed by atoms with E-state index < -0.39 is 17.3 Å². The van der Waals surface area contributed by atoms with Gasteiger partial charge in [-0.15, -0.1) is 0 Å². The molecule has 0 aromatic carbocycles. The molecule has 3 nitrogen and oxygen atoms in total. The molecule has 0 atom stereocenters. The molecule has 0 saturated heterocycles. The molecule has 0 fully saturated rings. The predicted octanol–water partition coefficient (Wildman–Crippen LogP) is 0.450. The fourth-order valence-corrected chi connectivity index (χ4v) is 0.550. The van der Waals surface area contributed by atoms with E-state index in [9.17, 15) is 0 Å². The quantitative estimate of drug-likeness (QED) is 0.321. The summed E-state index contributed by atoms with van der Waals surface area (Å²) in [6.07, 6.45) is 0. The molecule has 0 aliphatic heterocycles. The Morgan fingerprint density at radius 2 is 1.54 bits per heavy atom. The zero-order valence-electron chi connectivity index (χ0n) is 7.15. The third-order valence-electron chi connectivity index (χ3n) is 1.32. The van der Waals surface area contributed by atoms with Gasteiger partial charge in [0.2, 0.25) is 0 Å². The number of rotatable bonds is 2. The first-order valence-corrected chi connectivity index (χ1v) is 3.37. The number of aliphatic hydroxyl groups is 3. The van der Waals surface area contributed by atoms with Crippen molar-refractivity contribution in [1.29, 1.82) is 0 Å². The Labute approximate surface area is 80.7 Å². The highest BCUT2D eigenvalue weighted by molar-refractivity contribution is 6.35. The van der Waals surface area contributed by atoms with Crippen LogP contribution in [0, 0.1) is 0 Å². The number of allylic oxidation sites excluding steroid dienone is 3. The lowest BCUT2D eigenvalue weighted by Gasteiger charge is -2.08. The highest BCUT2D eigenvalue weighted by Gasteiger charge is 2.06. The summed E-state index contributed by atoms with van der Waals surface area (Å²) < 4.78 is 0. The van der Waals surface area contributed by atoms with E-state index in [0.717, 1.165) is 5.98 Å². The molecule has 0 unspecified atom stereocenters. The lowest BCUT2D eigenvalue weighted by atomic mass is 9.77. The third-order valence-corrected chi connectivity index (χ3v) is 1.32. The summed E-state index contributed by atoms with van der Waals surface area (Å²) >= 11 is 0. The molecule has 0 bridgehead atoms. The summed E-state index contributed by atoms with van der Waals surface area (Å²) in [5.74, 6) is -0.635. The van der Waals surface area contributed by atoms with Crippen LogP contribution < -0.4 is 0 Å². The topological polar surface area (TPSA) is 60.7 Å². The molecule has 13 heavy (non-hydrogen) atoms. The second-order valence-electron chi connectivity index (χ2n) is 2.31. The highest BCUT2D eigenvalue weighted by atomic mass is 16.3. The average molecular weight is 172 g/mol. The van der Waals surface area contributed by atoms with E-state index >= 15 is 0 Å². The zero-order chi connectivity index (χ0) is 10.6. The molecule has 62 valence electrons. The highest BCUT2D eigenvalue weighted by Crippen LogP contribution is 2.13. The summed E-state index contributed by atoms with van der Waals surface area (Å²) in [4.78, 5) is 0. The van der Waals surface area contributed by atoms with Crippen LogP contribution in [0.2, 0.25) is 0 Å². The molecule has 3 N–H and O–H groups in total. The maximum atomic E-state index is 9.10. The van der Waals surface area contributed by atoms with Crippen molar-refractivity contribution in [1.82, 2.24) is 0 Å². The van der Waals surface area contributed by atoms with Crippen LogP contribution in [0.5, 0.6) is 0 Å². The summed E-state index contributed by atoms with van der Waals surface area (Å²) in [5.41, 5.74) is -0.632. The van der Waals surface area contributed by atoms with Crippen molar-refractivity contribution in [2.24, 2.45) is 0 Å². The van der Waals surface area contributed by atoms with Crippen LogP contribution in [0.25, 0.3) is 0 Å². The Kier molecular flexibility index (Phi) is 4.31. The Morgan fingerprint density at radius 1 is 1.08 bits per heavy atom. The van der Waals surface area contributed by atoms with Gasteiger partial charge in [0.25, 0.3) is 0 Å². The minimum atomic E-state index is -0.592. The SMILES string of the molecule is [B]/C=C(O)/C([B])=C([B])\C(O)=C(/C)O. The fourth-order valence-electron chi connectivity index (χ4n) is 0.550. The van der Waals surface area contributed by atoms with Gasteiger partial charge < -0.3 is 15.3 Å². The van der Waals surface area contributed by atoms with Crippen LogP contribution in [0.15, 0.2) is 34.2 Å². The van der Waals surface area contributed by atoms with Gasteiger partial charge in [0.15, 0.2) is 0 Å². The van der Waals surface area contributed by atoms with Crippen molar-refractivity contribution < 1.29 is 15.3 Å².